The fourth-order valence-electron chi connectivity index (χ4n) is 2.92. The van der Waals surface area contributed by atoms with E-state index in [-0.39, 0.29) is 5.91 Å². The molecule has 1 aliphatic rings. The van der Waals surface area contributed by atoms with Crippen molar-refractivity contribution in [1.29, 1.82) is 0 Å². The van der Waals surface area contributed by atoms with E-state index in [0.29, 0.717) is 25.7 Å². The van der Waals surface area contributed by atoms with Crippen molar-refractivity contribution in [2.45, 2.75) is 47.1 Å². The first-order valence-corrected chi connectivity index (χ1v) is 9.14. The van der Waals surface area contributed by atoms with Crippen LogP contribution in [0.15, 0.2) is 18.2 Å². The van der Waals surface area contributed by atoms with Gasteiger partial charge in [0.15, 0.2) is 0 Å². The average molecular weight is 333 g/mol. The van der Waals surface area contributed by atoms with Crippen LogP contribution < -0.4 is 4.74 Å². The van der Waals surface area contributed by atoms with Gasteiger partial charge in [-0.1, -0.05) is 20.8 Å². The van der Waals surface area contributed by atoms with Crippen molar-refractivity contribution in [1.82, 2.24) is 4.90 Å². The zero-order valence-corrected chi connectivity index (χ0v) is 15.5. The normalized spacial score (nSPS) is 15.8. The highest BCUT2D eigenvalue weighted by Crippen LogP contribution is 2.24. The molecule has 0 spiro atoms. The number of amides is 1. The molecule has 1 heterocycles. The highest BCUT2D eigenvalue weighted by molar-refractivity contribution is 5.94. The van der Waals surface area contributed by atoms with Gasteiger partial charge in [-0.3, -0.25) is 4.79 Å². The summed E-state index contributed by atoms with van der Waals surface area (Å²) in [6, 6.07) is 5.71. The van der Waals surface area contributed by atoms with E-state index in [1.54, 1.807) is 0 Å². The molecule has 0 bridgehead atoms. The molecule has 0 radical (unpaired) electrons. The molecule has 4 heteroatoms. The number of benzene rings is 1. The summed E-state index contributed by atoms with van der Waals surface area (Å²) >= 11 is 0. The van der Waals surface area contributed by atoms with E-state index in [4.69, 9.17) is 9.47 Å². The molecule has 1 saturated heterocycles. The number of ether oxygens (including phenoxy) is 2. The van der Waals surface area contributed by atoms with Crippen LogP contribution in [0.25, 0.3) is 0 Å². The van der Waals surface area contributed by atoms with E-state index in [1.165, 1.54) is 0 Å². The lowest BCUT2D eigenvalue weighted by molar-refractivity contribution is 0.0696. The van der Waals surface area contributed by atoms with Crippen molar-refractivity contribution in [3.05, 3.63) is 29.3 Å². The monoisotopic (exact) mass is 333 g/mol. The maximum atomic E-state index is 12.8. The number of likely N-dealkylation sites (tertiary alicyclic amines) is 1. The molecular weight excluding hydrogens is 302 g/mol. The Morgan fingerprint density at radius 2 is 2.00 bits per heavy atom. The molecule has 0 N–H and O–H groups in total. The van der Waals surface area contributed by atoms with Crippen LogP contribution in [0.1, 0.15) is 56.5 Å². The summed E-state index contributed by atoms with van der Waals surface area (Å²) in [6.07, 6.45) is 2.18. The number of carbonyl (C=O) groups excluding carboxylic acids is 1. The molecule has 24 heavy (non-hydrogen) atoms. The third-order valence-electron chi connectivity index (χ3n) is 4.39. The highest BCUT2D eigenvalue weighted by atomic mass is 16.5. The predicted octanol–water partition coefficient (Wildman–Crippen LogP) is 4.13. The topological polar surface area (TPSA) is 38.8 Å². The van der Waals surface area contributed by atoms with Crippen molar-refractivity contribution < 1.29 is 14.3 Å². The Morgan fingerprint density at radius 1 is 1.29 bits per heavy atom. The maximum Gasteiger partial charge on any atom is 0.253 e. The molecule has 0 aliphatic carbocycles. The van der Waals surface area contributed by atoms with Crippen LogP contribution in [-0.4, -0.2) is 37.1 Å². The molecule has 1 amide bonds. The van der Waals surface area contributed by atoms with Gasteiger partial charge in [0.2, 0.25) is 0 Å². The number of hydrogen-bond acceptors (Lipinski definition) is 3. The Hall–Kier alpha value is -1.55. The molecule has 0 saturated carbocycles. The van der Waals surface area contributed by atoms with E-state index in [9.17, 15) is 4.79 Å². The van der Waals surface area contributed by atoms with Gasteiger partial charge in [0.05, 0.1) is 13.2 Å². The molecule has 0 unspecified atom stereocenters. The second kappa shape index (κ2) is 9.07. The van der Waals surface area contributed by atoms with Crippen molar-refractivity contribution in [3.8, 4) is 5.75 Å². The minimum Gasteiger partial charge on any atom is -0.494 e. The Balaban J connectivity index is 2.10. The minimum absolute atomic E-state index is 0.120. The van der Waals surface area contributed by atoms with Crippen molar-refractivity contribution >= 4 is 5.91 Å². The molecule has 0 aromatic heterocycles. The molecule has 134 valence electrons. The van der Waals surface area contributed by atoms with Crippen LogP contribution in [0.3, 0.4) is 0 Å². The molecule has 1 aromatic carbocycles. The molecule has 4 nitrogen and oxygen atoms in total. The van der Waals surface area contributed by atoms with Crippen molar-refractivity contribution in [2.75, 3.05) is 26.3 Å². The number of carbonyl (C=O) groups is 1. The van der Waals surface area contributed by atoms with E-state index in [1.807, 2.05) is 30.0 Å². The first-order chi connectivity index (χ1) is 11.5. The van der Waals surface area contributed by atoms with E-state index in [2.05, 4.69) is 20.8 Å². The molecular formula is C20H31NO3. The van der Waals surface area contributed by atoms with Crippen LogP contribution in [0.5, 0.6) is 5.75 Å². The average Bonchev–Trinajstić information content (AvgIpc) is 2.56. The van der Waals surface area contributed by atoms with Crippen LogP contribution in [0, 0.1) is 11.8 Å². The van der Waals surface area contributed by atoms with Gasteiger partial charge in [0, 0.05) is 30.8 Å². The summed E-state index contributed by atoms with van der Waals surface area (Å²) < 4.78 is 11.4. The van der Waals surface area contributed by atoms with Crippen molar-refractivity contribution in [2.24, 2.45) is 11.8 Å². The van der Waals surface area contributed by atoms with E-state index in [0.717, 1.165) is 48.7 Å². The largest absolute Gasteiger partial charge is 0.494 e. The molecule has 0 atom stereocenters. The van der Waals surface area contributed by atoms with Gasteiger partial charge in [-0.25, -0.2) is 0 Å². The first kappa shape index (κ1) is 18.8. The van der Waals surface area contributed by atoms with Crippen LogP contribution in [0.4, 0.5) is 0 Å². The van der Waals surface area contributed by atoms with Crippen molar-refractivity contribution in [3.63, 3.8) is 0 Å². The lowest BCUT2D eigenvalue weighted by Gasteiger charge is -2.30. The van der Waals surface area contributed by atoms with Gasteiger partial charge >= 0.3 is 0 Å². The van der Waals surface area contributed by atoms with Gasteiger partial charge < -0.3 is 14.4 Å². The number of piperidine rings is 1. The van der Waals surface area contributed by atoms with Gasteiger partial charge in [0.25, 0.3) is 5.91 Å². The minimum atomic E-state index is 0.120. The Kier molecular flexibility index (Phi) is 7.10. The van der Waals surface area contributed by atoms with Crippen LogP contribution in [0.2, 0.25) is 0 Å². The maximum absolute atomic E-state index is 12.8. The lowest BCUT2D eigenvalue weighted by Crippen LogP contribution is -2.37. The summed E-state index contributed by atoms with van der Waals surface area (Å²) in [5, 5.41) is 0. The quantitative estimate of drug-likeness (QED) is 0.753. The van der Waals surface area contributed by atoms with Gasteiger partial charge in [-0.05, 0) is 49.8 Å². The summed E-state index contributed by atoms with van der Waals surface area (Å²) in [4.78, 5) is 14.7. The highest BCUT2D eigenvalue weighted by Gasteiger charge is 2.22. The third kappa shape index (κ3) is 5.23. The second-order valence-corrected chi connectivity index (χ2v) is 7.14. The Morgan fingerprint density at radius 3 is 2.62 bits per heavy atom. The van der Waals surface area contributed by atoms with E-state index >= 15 is 0 Å². The molecule has 2 rings (SSSR count). The van der Waals surface area contributed by atoms with E-state index < -0.39 is 0 Å². The van der Waals surface area contributed by atoms with Crippen LogP contribution in [-0.2, 0) is 11.3 Å². The van der Waals surface area contributed by atoms with Gasteiger partial charge in [-0.15, -0.1) is 0 Å². The predicted molar refractivity (Wildman–Crippen MR) is 96.4 cm³/mol. The summed E-state index contributed by atoms with van der Waals surface area (Å²) in [7, 11) is 0. The number of hydrogen-bond donors (Lipinski definition) is 0. The van der Waals surface area contributed by atoms with Gasteiger partial charge in [0.1, 0.15) is 5.75 Å². The molecule has 1 aliphatic heterocycles. The Labute approximate surface area is 146 Å². The summed E-state index contributed by atoms with van der Waals surface area (Å²) in [5.74, 6) is 2.13. The molecule has 1 aromatic rings. The smallest absolute Gasteiger partial charge is 0.253 e. The Bertz CT molecular complexity index is 534. The fourth-order valence-corrected chi connectivity index (χ4v) is 2.92. The number of nitrogens with zero attached hydrogens (tertiary/aromatic N) is 1. The van der Waals surface area contributed by atoms with Gasteiger partial charge in [-0.2, -0.15) is 0 Å². The zero-order valence-electron chi connectivity index (χ0n) is 15.5. The summed E-state index contributed by atoms with van der Waals surface area (Å²) in [6.45, 7) is 12.0. The molecule has 1 fully saturated rings. The van der Waals surface area contributed by atoms with Crippen LogP contribution >= 0.6 is 0 Å². The summed E-state index contributed by atoms with van der Waals surface area (Å²) in [5.41, 5.74) is 1.69. The number of rotatable bonds is 7. The lowest BCUT2D eigenvalue weighted by atomic mass is 9.98. The standard InChI is InChI=1S/C20H31NO3/c1-5-24-19-7-6-17(12-18(19)14-23-13-15(2)3)20(22)21-10-8-16(4)9-11-21/h6-7,12,15-16H,5,8-11,13-14H2,1-4H3. The first-order valence-electron chi connectivity index (χ1n) is 9.14. The second-order valence-electron chi connectivity index (χ2n) is 7.14. The SMILES string of the molecule is CCOc1ccc(C(=O)N2CCC(C)CC2)cc1COCC(C)C. The third-order valence-corrected chi connectivity index (χ3v) is 4.39. The fraction of sp³-hybridized carbons (Fsp3) is 0.650. The zero-order chi connectivity index (χ0) is 17.5.